The molecular formula is C26H29ClF4N4O3. The minimum Gasteiger partial charge on any atom is -0.465 e. The Morgan fingerprint density at radius 2 is 1.97 bits per heavy atom. The van der Waals surface area contributed by atoms with E-state index in [-0.39, 0.29) is 34.8 Å². The topological polar surface area (TPSA) is 87.3 Å². The maximum absolute atomic E-state index is 13.5. The zero-order valence-corrected chi connectivity index (χ0v) is 21.6. The summed E-state index contributed by atoms with van der Waals surface area (Å²) >= 11 is 5.53. The van der Waals surface area contributed by atoms with E-state index in [1.54, 1.807) is 24.3 Å². The molecule has 3 aliphatic rings. The van der Waals surface area contributed by atoms with Crippen molar-refractivity contribution in [2.24, 2.45) is 5.92 Å². The highest BCUT2D eigenvalue weighted by molar-refractivity contribution is 6.32. The third-order valence-corrected chi connectivity index (χ3v) is 7.00. The molecule has 0 bridgehead atoms. The highest BCUT2D eigenvalue weighted by Gasteiger charge is 2.40. The van der Waals surface area contributed by atoms with Crippen LogP contribution in [0.3, 0.4) is 0 Å². The molecule has 1 aromatic carbocycles. The quantitative estimate of drug-likeness (QED) is 0.295. The number of alkyl halides is 3. The van der Waals surface area contributed by atoms with E-state index in [9.17, 15) is 27.2 Å². The standard InChI is InChI=1S/C19H23FN2O3.C7H6ClF3N2/c1-25-19(24)16-11-15(22-10-2-3-14(20)12-22)7-8-17(16)21-18(23)9-6-13-4-5-13;8-4-5(3-1-2-3)12-13-6(4)7(9,10)11/h3,7-8,11,13H,2,4-6,9-10,12H2,1H3,(H,21,23);3H,1-2H2,(H,12,13). The Morgan fingerprint density at radius 1 is 1.24 bits per heavy atom. The summed E-state index contributed by atoms with van der Waals surface area (Å²) in [5.74, 6) is 0.0267. The molecule has 0 atom stereocenters. The number of carbonyl (C=O) groups excluding carboxylic acids is 2. The van der Waals surface area contributed by atoms with Gasteiger partial charge in [-0.25, -0.2) is 9.18 Å². The molecule has 206 valence electrons. The molecule has 2 aromatic rings. The molecule has 12 heteroatoms. The fourth-order valence-electron chi connectivity index (χ4n) is 4.17. The number of nitrogens with zero attached hydrogens (tertiary/aromatic N) is 2. The number of aromatic nitrogens is 2. The molecule has 1 aliphatic heterocycles. The van der Waals surface area contributed by atoms with Crippen molar-refractivity contribution in [2.75, 3.05) is 30.4 Å². The molecule has 2 fully saturated rings. The van der Waals surface area contributed by atoms with Crippen molar-refractivity contribution in [3.8, 4) is 0 Å². The third-order valence-electron chi connectivity index (χ3n) is 6.62. The summed E-state index contributed by atoms with van der Waals surface area (Å²) in [7, 11) is 1.30. The van der Waals surface area contributed by atoms with Crippen molar-refractivity contribution in [2.45, 2.75) is 57.0 Å². The van der Waals surface area contributed by atoms with Crippen molar-refractivity contribution in [1.82, 2.24) is 10.2 Å². The van der Waals surface area contributed by atoms with Crippen molar-refractivity contribution in [3.05, 3.63) is 52.1 Å². The van der Waals surface area contributed by atoms with Crippen LogP contribution in [-0.2, 0) is 15.7 Å². The first-order chi connectivity index (χ1) is 18.1. The van der Waals surface area contributed by atoms with E-state index in [0.29, 0.717) is 36.7 Å². The largest absolute Gasteiger partial charge is 0.465 e. The van der Waals surface area contributed by atoms with E-state index >= 15 is 0 Å². The van der Waals surface area contributed by atoms with Gasteiger partial charge < -0.3 is 15.0 Å². The maximum Gasteiger partial charge on any atom is 0.436 e. The number of nitrogens with one attached hydrogen (secondary N) is 2. The molecular weight excluding hydrogens is 528 g/mol. The molecule has 2 saturated carbocycles. The molecule has 0 spiro atoms. The Morgan fingerprint density at radius 3 is 2.55 bits per heavy atom. The van der Waals surface area contributed by atoms with Gasteiger partial charge in [0.25, 0.3) is 0 Å². The molecule has 38 heavy (non-hydrogen) atoms. The monoisotopic (exact) mass is 556 g/mol. The molecule has 5 rings (SSSR count). The second kappa shape index (κ2) is 11.8. The number of methoxy groups -OCH3 is 1. The predicted octanol–water partition coefficient (Wildman–Crippen LogP) is 6.62. The van der Waals surface area contributed by atoms with Crippen LogP contribution in [0.4, 0.5) is 28.9 Å². The number of hydrogen-bond acceptors (Lipinski definition) is 5. The molecule has 2 N–H and O–H groups in total. The molecule has 2 aliphatic carbocycles. The Kier molecular flexibility index (Phi) is 8.64. The minimum absolute atomic E-state index is 0.100. The van der Waals surface area contributed by atoms with Gasteiger partial charge in [0.05, 0.1) is 35.6 Å². The zero-order chi connectivity index (χ0) is 27.4. The summed E-state index contributed by atoms with van der Waals surface area (Å²) in [5, 5.41) is 8.04. The van der Waals surface area contributed by atoms with Crippen LogP contribution in [0.25, 0.3) is 0 Å². The van der Waals surface area contributed by atoms with Gasteiger partial charge in [0.15, 0.2) is 5.69 Å². The minimum atomic E-state index is -4.46. The lowest BCUT2D eigenvalue weighted by atomic mass is 10.1. The number of rotatable bonds is 7. The average Bonchev–Trinajstić information content (AvgIpc) is 3.81. The fourth-order valence-corrected chi connectivity index (χ4v) is 4.51. The summed E-state index contributed by atoms with van der Waals surface area (Å²) in [6, 6.07) is 5.13. The number of hydrogen-bond donors (Lipinski definition) is 2. The summed E-state index contributed by atoms with van der Waals surface area (Å²) in [6.45, 7) is 0.870. The second-order valence-electron chi connectivity index (χ2n) is 9.68. The first-order valence-electron chi connectivity index (χ1n) is 12.5. The number of carbonyl (C=O) groups is 2. The SMILES string of the molecule is COC(=O)c1cc(N2CCC=C(F)C2)ccc1NC(=O)CCC1CC1.FC(F)(F)c1n[nH]c(C2CC2)c1Cl. The lowest BCUT2D eigenvalue weighted by Crippen LogP contribution is -2.29. The Hall–Kier alpha value is -3.08. The van der Waals surface area contributed by atoms with Gasteiger partial charge in [0.1, 0.15) is 5.83 Å². The van der Waals surface area contributed by atoms with Crippen LogP contribution in [0, 0.1) is 5.92 Å². The third kappa shape index (κ3) is 7.27. The first kappa shape index (κ1) is 27.9. The summed E-state index contributed by atoms with van der Waals surface area (Å²) in [4.78, 5) is 26.1. The van der Waals surface area contributed by atoms with Crippen LogP contribution >= 0.6 is 11.6 Å². The van der Waals surface area contributed by atoms with Crippen LogP contribution < -0.4 is 10.2 Å². The Bertz CT molecular complexity index is 1210. The second-order valence-corrected chi connectivity index (χ2v) is 10.1. The van der Waals surface area contributed by atoms with Gasteiger partial charge in [0.2, 0.25) is 5.91 Å². The van der Waals surface area contributed by atoms with E-state index in [4.69, 9.17) is 16.3 Å². The highest BCUT2D eigenvalue weighted by Crippen LogP contribution is 2.45. The number of esters is 1. The van der Waals surface area contributed by atoms with Crippen LogP contribution in [0.2, 0.25) is 5.02 Å². The predicted molar refractivity (Wildman–Crippen MR) is 135 cm³/mol. The molecule has 0 unspecified atom stereocenters. The van der Waals surface area contributed by atoms with Gasteiger partial charge >= 0.3 is 12.1 Å². The van der Waals surface area contributed by atoms with Crippen molar-refractivity contribution < 1.29 is 31.9 Å². The van der Waals surface area contributed by atoms with E-state index in [1.807, 2.05) is 4.90 Å². The molecule has 1 aromatic heterocycles. The molecule has 2 heterocycles. The number of H-pyrrole nitrogens is 1. The van der Waals surface area contributed by atoms with Gasteiger partial charge in [-0.1, -0.05) is 24.4 Å². The maximum atomic E-state index is 13.5. The number of benzene rings is 1. The van der Waals surface area contributed by atoms with Gasteiger partial charge in [-0.3, -0.25) is 9.89 Å². The summed E-state index contributed by atoms with van der Waals surface area (Å²) in [6.07, 6.45) is 3.27. The Labute approximate surface area is 222 Å². The van der Waals surface area contributed by atoms with Gasteiger partial charge in [-0.15, -0.1) is 0 Å². The van der Waals surface area contributed by atoms with Crippen LogP contribution in [-0.4, -0.2) is 42.3 Å². The number of anilines is 2. The molecule has 0 saturated heterocycles. The van der Waals surface area contributed by atoms with Crippen molar-refractivity contribution in [1.29, 1.82) is 0 Å². The number of amides is 1. The first-order valence-corrected chi connectivity index (χ1v) is 12.9. The van der Waals surface area contributed by atoms with E-state index in [1.165, 1.54) is 20.0 Å². The molecule has 0 radical (unpaired) electrons. The normalized spacial score (nSPS) is 17.3. The van der Waals surface area contributed by atoms with Crippen LogP contribution in [0.15, 0.2) is 30.1 Å². The van der Waals surface area contributed by atoms with E-state index in [2.05, 4.69) is 15.5 Å². The number of aromatic amines is 1. The highest BCUT2D eigenvalue weighted by atomic mass is 35.5. The summed E-state index contributed by atoms with van der Waals surface area (Å²) in [5.41, 5.74) is 0.879. The lowest BCUT2D eigenvalue weighted by molar-refractivity contribution is -0.141. The number of halogens is 5. The van der Waals surface area contributed by atoms with Crippen LogP contribution in [0.1, 0.15) is 72.6 Å². The number of ether oxygens (including phenoxy) is 1. The van der Waals surface area contributed by atoms with Crippen molar-refractivity contribution >= 4 is 34.9 Å². The smallest absolute Gasteiger partial charge is 0.436 e. The Balaban J connectivity index is 0.000000216. The molecule has 7 nitrogen and oxygen atoms in total. The van der Waals surface area contributed by atoms with Gasteiger partial charge in [-0.2, -0.15) is 18.3 Å². The van der Waals surface area contributed by atoms with E-state index in [0.717, 1.165) is 24.9 Å². The van der Waals surface area contributed by atoms with Gasteiger partial charge in [0, 0.05) is 24.6 Å². The van der Waals surface area contributed by atoms with Crippen molar-refractivity contribution in [3.63, 3.8) is 0 Å². The molecule has 1 amide bonds. The van der Waals surface area contributed by atoms with Crippen LogP contribution in [0.5, 0.6) is 0 Å². The summed E-state index contributed by atoms with van der Waals surface area (Å²) < 4.78 is 54.9. The lowest BCUT2D eigenvalue weighted by Gasteiger charge is -2.27. The average molecular weight is 557 g/mol. The van der Waals surface area contributed by atoms with Gasteiger partial charge in [-0.05, 0) is 55.9 Å². The fraction of sp³-hybridized carbons (Fsp3) is 0.500. The van der Waals surface area contributed by atoms with E-state index < -0.39 is 17.8 Å². The zero-order valence-electron chi connectivity index (χ0n) is 20.8.